The van der Waals surface area contributed by atoms with Crippen LogP contribution in [0, 0.1) is 0 Å². The van der Waals surface area contributed by atoms with Crippen molar-refractivity contribution >= 4 is 60.6 Å². The summed E-state index contributed by atoms with van der Waals surface area (Å²) in [6.07, 6.45) is -2.87. The zero-order valence-electron chi connectivity index (χ0n) is 27.9. The van der Waals surface area contributed by atoms with Crippen LogP contribution in [0.15, 0.2) is 101 Å². The predicted molar refractivity (Wildman–Crippen MR) is 197 cm³/mol. The van der Waals surface area contributed by atoms with E-state index in [1.54, 1.807) is 53.4 Å². The zero-order chi connectivity index (χ0) is 35.9. The van der Waals surface area contributed by atoms with Gasteiger partial charge in [-0.2, -0.15) is 24.5 Å². The average molecular weight is 733 g/mol. The van der Waals surface area contributed by atoms with Crippen LogP contribution >= 0.6 is 11.3 Å². The molecule has 14 heteroatoms. The van der Waals surface area contributed by atoms with Crippen molar-refractivity contribution < 1.29 is 26.4 Å². The van der Waals surface area contributed by atoms with Crippen molar-refractivity contribution in [3.8, 4) is 22.3 Å². The van der Waals surface area contributed by atoms with E-state index in [0.717, 1.165) is 51.0 Å². The van der Waals surface area contributed by atoms with Gasteiger partial charge in [0.05, 0.1) is 17.1 Å². The minimum absolute atomic E-state index is 0.100. The number of likely N-dealkylation sites (N-methyl/N-ethyl adjacent to an activating group) is 1. The molecule has 9 nitrogen and oxygen atoms in total. The van der Waals surface area contributed by atoms with Crippen LogP contribution in [0.3, 0.4) is 0 Å². The lowest BCUT2D eigenvalue weighted by Crippen LogP contribution is -2.50. The number of alkyl halides is 3. The van der Waals surface area contributed by atoms with Gasteiger partial charge in [0.15, 0.2) is 0 Å². The maximum absolute atomic E-state index is 13.8. The summed E-state index contributed by atoms with van der Waals surface area (Å²) in [7, 11) is -0.300. The quantitative estimate of drug-likeness (QED) is 0.171. The summed E-state index contributed by atoms with van der Waals surface area (Å²) in [6, 6.07) is 23.1. The molecule has 7 rings (SSSR count). The van der Waals surface area contributed by atoms with E-state index >= 15 is 0 Å². The number of aromatic nitrogens is 2. The number of pyridine rings is 1. The molecule has 6 aromatic rings. The topological polar surface area (TPSA) is 92.8 Å². The maximum Gasteiger partial charge on any atom is 0.406 e. The molecule has 0 spiro atoms. The number of halogens is 3. The molecule has 1 aliphatic heterocycles. The van der Waals surface area contributed by atoms with Gasteiger partial charge in [-0.25, -0.2) is 13.4 Å². The molecule has 51 heavy (non-hydrogen) atoms. The number of H-pyrrole nitrogens is 1. The Labute approximate surface area is 297 Å². The first-order valence-electron chi connectivity index (χ1n) is 16.3. The fourth-order valence-electron chi connectivity index (χ4n) is 6.47. The number of thiophene rings is 1. The number of sulfonamides is 1. The third-order valence-electron chi connectivity index (χ3n) is 9.27. The van der Waals surface area contributed by atoms with Crippen LogP contribution in [0.2, 0.25) is 0 Å². The van der Waals surface area contributed by atoms with E-state index in [-0.39, 0.29) is 17.1 Å². The number of nitrogens with zero attached hydrogens (tertiary/aromatic N) is 5. The standard InChI is InChI=1S/C37H35F3N6O3S2/c1-43-15-17-45(18-16-43)22-33(47)46(24-37(38,39)40)27-10-8-25(9-11-27)31-21-41-36-35(34(31)26-6-4-3-5-7-26)30-20-28(12-13-32(30)42-36)44(2)51(48,49)29-14-19-50-23-29/h3-14,19-21,23H,15-18,22,24H2,1-2H3,(H,41,42). The van der Waals surface area contributed by atoms with Gasteiger partial charge in [-0.05, 0) is 60.0 Å². The zero-order valence-corrected chi connectivity index (χ0v) is 29.5. The normalized spacial score (nSPS) is 14.7. The highest BCUT2D eigenvalue weighted by atomic mass is 32.2. The molecule has 0 saturated carbocycles. The summed E-state index contributed by atoms with van der Waals surface area (Å²) in [4.78, 5) is 26.4. The number of fused-ring (bicyclic) bond motifs is 3. The Morgan fingerprint density at radius 1 is 0.941 bits per heavy atom. The van der Waals surface area contributed by atoms with Crippen LogP contribution in [0.5, 0.6) is 0 Å². The third kappa shape index (κ3) is 7.09. The van der Waals surface area contributed by atoms with Crippen LogP contribution in [-0.4, -0.2) is 93.6 Å². The molecule has 3 aromatic carbocycles. The molecule has 1 amide bonds. The summed E-state index contributed by atoms with van der Waals surface area (Å²) in [5, 5.41) is 4.83. The Balaban J connectivity index is 1.30. The Hall–Kier alpha value is -4.76. The number of nitrogens with one attached hydrogen (secondary N) is 1. The number of hydrogen-bond acceptors (Lipinski definition) is 7. The summed E-state index contributed by atoms with van der Waals surface area (Å²) >= 11 is 1.31. The molecule has 1 fully saturated rings. The SMILES string of the molecule is CN1CCN(CC(=O)N(CC(F)(F)F)c2ccc(-c3cnc4[nH]c5ccc(N(C)S(=O)(=O)c6ccsc6)cc5c4c3-c3ccccc3)cc2)CC1. The second-order valence-corrected chi connectivity index (χ2v) is 15.4. The molecular weight excluding hydrogens is 698 g/mol. The van der Waals surface area contributed by atoms with Gasteiger partial charge >= 0.3 is 6.18 Å². The van der Waals surface area contributed by atoms with E-state index in [4.69, 9.17) is 4.98 Å². The van der Waals surface area contributed by atoms with E-state index < -0.39 is 28.7 Å². The molecule has 264 valence electrons. The molecule has 1 N–H and O–H groups in total. The van der Waals surface area contributed by atoms with Crippen LogP contribution in [0.1, 0.15) is 0 Å². The summed E-state index contributed by atoms with van der Waals surface area (Å²) in [5.41, 5.74) is 5.06. The number of rotatable bonds is 9. The fourth-order valence-corrected chi connectivity index (χ4v) is 8.67. The van der Waals surface area contributed by atoms with Crippen molar-refractivity contribution in [3.63, 3.8) is 0 Å². The smallest absolute Gasteiger partial charge is 0.339 e. The molecule has 3 aromatic heterocycles. The first kappa shape index (κ1) is 34.7. The van der Waals surface area contributed by atoms with Gasteiger partial charge < -0.3 is 14.8 Å². The maximum atomic E-state index is 13.8. The molecule has 4 heterocycles. The molecule has 0 unspecified atom stereocenters. The third-order valence-corrected chi connectivity index (χ3v) is 11.9. The Bertz CT molecular complexity index is 2290. The number of aromatic amines is 1. The van der Waals surface area contributed by atoms with Gasteiger partial charge in [0.25, 0.3) is 10.0 Å². The molecule has 0 atom stereocenters. The number of benzene rings is 3. The minimum Gasteiger partial charge on any atom is -0.339 e. The summed E-state index contributed by atoms with van der Waals surface area (Å²) in [6.45, 7) is 1.20. The summed E-state index contributed by atoms with van der Waals surface area (Å²) < 4.78 is 69.3. The van der Waals surface area contributed by atoms with E-state index in [2.05, 4.69) is 9.88 Å². The predicted octanol–water partition coefficient (Wildman–Crippen LogP) is 7.08. The van der Waals surface area contributed by atoms with Crippen molar-refractivity contribution in [2.75, 3.05) is 62.6 Å². The number of piperazine rings is 1. The average Bonchev–Trinajstić information content (AvgIpc) is 3.80. The van der Waals surface area contributed by atoms with Crippen molar-refractivity contribution in [1.82, 2.24) is 19.8 Å². The van der Waals surface area contributed by atoms with Crippen molar-refractivity contribution in [3.05, 3.63) is 95.8 Å². The first-order valence-corrected chi connectivity index (χ1v) is 18.7. The van der Waals surface area contributed by atoms with Crippen LogP contribution < -0.4 is 9.21 Å². The van der Waals surface area contributed by atoms with E-state index in [0.29, 0.717) is 30.0 Å². The minimum atomic E-state index is -4.59. The molecule has 1 aliphatic rings. The highest BCUT2D eigenvalue weighted by Crippen LogP contribution is 2.42. The van der Waals surface area contributed by atoms with Gasteiger partial charge in [0.2, 0.25) is 5.91 Å². The van der Waals surface area contributed by atoms with Gasteiger partial charge in [0, 0.05) is 77.9 Å². The van der Waals surface area contributed by atoms with Crippen molar-refractivity contribution in [1.29, 1.82) is 0 Å². The first-order chi connectivity index (χ1) is 24.4. The Morgan fingerprint density at radius 3 is 2.31 bits per heavy atom. The van der Waals surface area contributed by atoms with Crippen molar-refractivity contribution in [2.45, 2.75) is 11.1 Å². The second kappa shape index (κ2) is 13.8. The van der Waals surface area contributed by atoms with E-state index in [9.17, 15) is 26.4 Å². The molecule has 0 radical (unpaired) electrons. The monoisotopic (exact) mass is 732 g/mol. The van der Waals surface area contributed by atoms with Gasteiger partial charge in [0.1, 0.15) is 12.2 Å². The number of anilines is 2. The van der Waals surface area contributed by atoms with Crippen molar-refractivity contribution in [2.24, 2.45) is 0 Å². The number of carbonyl (C=O) groups is 1. The Kier molecular flexibility index (Phi) is 9.35. The van der Waals surface area contributed by atoms with Crippen LogP contribution in [0.25, 0.3) is 44.2 Å². The highest BCUT2D eigenvalue weighted by molar-refractivity contribution is 7.93. The molecule has 0 aliphatic carbocycles. The molecule has 1 saturated heterocycles. The fraction of sp³-hybridized carbons (Fsp3) is 0.243. The van der Waals surface area contributed by atoms with Gasteiger partial charge in [-0.3, -0.25) is 14.0 Å². The van der Waals surface area contributed by atoms with E-state index in [1.165, 1.54) is 22.7 Å². The van der Waals surface area contributed by atoms with Crippen LogP contribution in [0.4, 0.5) is 24.5 Å². The number of hydrogen-bond donors (Lipinski definition) is 1. The largest absolute Gasteiger partial charge is 0.406 e. The Morgan fingerprint density at radius 2 is 1.65 bits per heavy atom. The number of amides is 1. The van der Waals surface area contributed by atoms with E-state index in [1.807, 2.05) is 54.4 Å². The lowest BCUT2D eigenvalue weighted by Gasteiger charge is -2.33. The van der Waals surface area contributed by atoms with Gasteiger partial charge in [-0.15, -0.1) is 0 Å². The number of carbonyl (C=O) groups excluding carboxylic acids is 1. The lowest BCUT2D eigenvalue weighted by molar-refractivity contribution is -0.133. The molecule has 0 bridgehead atoms. The lowest BCUT2D eigenvalue weighted by atomic mass is 9.92. The second-order valence-electron chi connectivity index (χ2n) is 12.6. The highest BCUT2D eigenvalue weighted by Gasteiger charge is 2.35. The molecular formula is C37H35F3N6O3S2. The van der Waals surface area contributed by atoms with Crippen LogP contribution in [-0.2, 0) is 14.8 Å². The van der Waals surface area contributed by atoms with Gasteiger partial charge in [-0.1, -0.05) is 42.5 Å². The summed E-state index contributed by atoms with van der Waals surface area (Å²) in [5.74, 6) is -0.613.